The molecule has 0 saturated carbocycles. The van der Waals surface area contributed by atoms with E-state index < -0.39 is 0 Å². The number of amides is 1. The third-order valence-corrected chi connectivity index (χ3v) is 6.05. The van der Waals surface area contributed by atoms with Crippen LogP contribution in [-0.4, -0.2) is 53.5 Å². The predicted molar refractivity (Wildman–Crippen MR) is 119 cm³/mol. The number of likely N-dealkylation sites (N-methyl/N-ethyl adjacent to an activating group) is 1. The van der Waals surface area contributed by atoms with Gasteiger partial charge in [-0.2, -0.15) is 0 Å². The molecule has 0 unspecified atom stereocenters. The Morgan fingerprint density at radius 2 is 1.62 bits per heavy atom. The molecule has 29 heavy (non-hydrogen) atoms. The van der Waals surface area contributed by atoms with Crippen LogP contribution in [0.25, 0.3) is 27.4 Å². The van der Waals surface area contributed by atoms with Gasteiger partial charge in [0.1, 0.15) is 0 Å². The summed E-state index contributed by atoms with van der Waals surface area (Å²) < 4.78 is 2.24. The lowest BCUT2D eigenvalue weighted by atomic mass is 10.0. The van der Waals surface area contributed by atoms with E-state index in [1.807, 2.05) is 17.0 Å². The summed E-state index contributed by atoms with van der Waals surface area (Å²) in [6.07, 6.45) is 2.12. The lowest BCUT2D eigenvalue weighted by Gasteiger charge is -2.32. The first-order valence-electron chi connectivity index (χ1n) is 10.2. The van der Waals surface area contributed by atoms with Gasteiger partial charge in [-0.1, -0.05) is 30.3 Å². The number of aryl methyl sites for hydroxylation is 1. The lowest BCUT2D eigenvalue weighted by Crippen LogP contribution is -2.47. The van der Waals surface area contributed by atoms with Crippen LogP contribution in [-0.2, 0) is 0 Å². The van der Waals surface area contributed by atoms with E-state index in [1.54, 1.807) is 0 Å². The van der Waals surface area contributed by atoms with Crippen molar-refractivity contribution in [1.29, 1.82) is 0 Å². The molecule has 0 aliphatic carbocycles. The molecule has 1 aromatic heterocycles. The average Bonchev–Trinajstić information content (AvgIpc) is 3.18. The maximum Gasteiger partial charge on any atom is 0.253 e. The van der Waals surface area contributed by atoms with Crippen molar-refractivity contribution in [3.63, 3.8) is 0 Å². The average molecular weight is 383 g/mol. The summed E-state index contributed by atoms with van der Waals surface area (Å²) in [4.78, 5) is 17.2. The first kappa shape index (κ1) is 18.0. The van der Waals surface area contributed by atoms with E-state index in [0.29, 0.717) is 0 Å². The van der Waals surface area contributed by atoms with Crippen LogP contribution in [0, 0.1) is 6.92 Å². The highest BCUT2D eigenvalue weighted by Gasteiger charge is 2.20. The summed E-state index contributed by atoms with van der Waals surface area (Å²) in [5.74, 6) is 0.132. The van der Waals surface area contributed by atoms with Gasteiger partial charge in [0.15, 0.2) is 0 Å². The number of aromatic nitrogens is 1. The maximum absolute atomic E-state index is 13.0. The number of benzene rings is 3. The highest BCUT2D eigenvalue weighted by Crippen LogP contribution is 2.26. The fourth-order valence-corrected chi connectivity index (χ4v) is 4.30. The van der Waals surface area contributed by atoms with Gasteiger partial charge in [-0.05, 0) is 60.6 Å². The summed E-state index contributed by atoms with van der Waals surface area (Å²) in [5.41, 5.74) is 4.38. The van der Waals surface area contributed by atoms with Crippen molar-refractivity contribution in [3.05, 3.63) is 78.0 Å². The monoisotopic (exact) mass is 383 g/mol. The van der Waals surface area contributed by atoms with Crippen LogP contribution in [0.3, 0.4) is 0 Å². The Kier molecular flexibility index (Phi) is 4.36. The largest absolute Gasteiger partial charge is 0.336 e. The van der Waals surface area contributed by atoms with Crippen molar-refractivity contribution in [2.24, 2.45) is 0 Å². The van der Waals surface area contributed by atoms with Gasteiger partial charge in [-0.15, -0.1) is 0 Å². The van der Waals surface area contributed by atoms with E-state index >= 15 is 0 Å². The standard InChI is InChI=1S/C25H25N3O/c1-18-4-3-5-20-10-11-28(24(18)20)23-9-8-19-6-7-21(16-22(19)17-23)25(29)27-14-12-26(2)13-15-27/h3-11,16-17H,12-15H2,1-2H3. The summed E-state index contributed by atoms with van der Waals surface area (Å²) in [6.45, 7) is 5.60. The number of carbonyl (C=O) groups excluding carboxylic acids is 1. The molecule has 0 spiro atoms. The molecule has 1 aliphatic heterocycles. The Morgan fingerprint density at radius 1 is 0.828 bits per heavy atom. The number of piperazine rings is 1. The van der Waals surface area contributed by atoms with Gasteiger partial charge in [0.2, 0.25) is 0 Å². The molecule has 3 aromatic carbocycles. The third kappa shape index (κ3) is 3.19. The molecule has 0 bridgehead atoms. The first-order valence-corrected chi connectivity index (χ1v) is 10.2. The molecular formula is C25H25N3O. The van der Waals surface area contributed by atoms with Crippen molar-refractivity contribution in [1.82, 2.24) is 14.4 Å². The molecule has 0 radical (unpaired) electrons. The molecule has 1 aliphatic rings. The summed E-state index contributed by atoms with van der Waals surface area (Å²) in [7, 11) is 2.10. The summed E-state index contributed by atoms with van der Waals surface area (Å²) in [6, 6.07) is 21.1. The zero-order chi connectivity index (χ0) is 20.0. The molecule has 5 rings (SSSR count). The Morgan fingerprint density at radius 3 is 2.45 bits per heavy atom. The van der Waals surface area contributed by atoms with E-state index in [0.717, 1.165) is 48.2 Å². The van der Waals surface area contributed by atoms with E-state index in [1.165, 1.54) is 16.5 Å². The zero-order valence-corrected chi connectivity index (χ0v) is 16.9. The molecule has 1 fully saturated rings. The van der Waals surface area contributed by atoms with Gasteiger partial charge >= 0.3 is 0 Å². The van der Waals surface area contributed by atoms with Crippen molar-refractivity contribution < 1.29 is 4.79 Å². The highest BCUT2D eigenvalue weighted by molar-refractivity contribution is 5.99. The predicted octanol–water partition coefficient (Wildman–Crippen LogP) is 4.48. The van der Waals surface area contributed by atoms with Crippen molar-refractivity contribution in [3.8, 4) is 5.69 Å². The molecular weight excluding hydrogens is 358 g/mol. The van der Waals surface area contributed by atoms with Crippen molar-refractivity contribution in [2.45, 2.75) is 6.92 Å². The summed E-state index contributed by atoms with van der Waals surface area (Å²) >= 11 is 0. The number of para-hydroxylation sites is 1. The fourth-order valence-electron chi connectivity index (χ4n) is 4.30. The van der Waals surface area contributed by atoms with Gasteiger partial charge in [-0.25, -0.2) is 0 Å². The molecule has 1 amide bonds. The second-order valence-corrected chi connectivity index (χ2v) is 8.04. The van der Waals surface area contributed by atoms with Gasteiger partial charge in [0.25, 0.3) is 5.91 Å². The number of hydrogen-bond acceptors (Lipinski definition) is 2. The molecule has 4 heteroatoms. The number of rotatable bonds is 2. The topological polar surface area (TPSA) is 28.5 Å². The number of carbonyl (C=O) groups is 1. The van der Waals surface area contributed by atoms with Gasteiger partial charge in [-0.3, -0.25) is 4.79 Å². The molecule has 2 heterocycles. The van der Waals surface area contributed by atoms with Crippen LogP contribution in [0.15, 0.2) is 66.9 Å². The number of hydrogen-bond donors (Lipinski definition) is 0. The second-order valence-electron chi connectivity index (χ2n) is 8.04. The quantitative estimate of drug-likeness (QED) is 0.511. The molecule has 1 saturated heterocycles. The van der Waals surface area contributed by atoms with Crippen LogP contribution in [0.5, 0.6) is 0 Å². The van der Waals surface area contributed by atoms with Crippen LogP contribution < -0.4 is 0 Å². The van der Waals surface area contributed by atoms with E-state index in [-0.39, 0.29) is 5.91 Å². The smallest absolute Gasteiger partial charge is 0.253 e. The minimum absolute atomic E-state index is 0.132. The fraction of sp³-hybridized carbons (Fsp3) is 0.240. The lowest BCUT2D eigenvalue weighted by molar-refractivity contribution is 0.0664. The normalized spacial score (nSPS) is 15.3. The minimum atomic E-state index is 0.132. The highest BCUT2D eigenvalue weighted by atomic mass is 16.2. The summed E-state index contributed by atoms with van der Waals surface area (Å²) in [5, 5.41) is 3.49. The molecule has 0 atom stereocenters. The molecule has 4 aromatic rings. The maximum atomic E-state index is 13.0. The Labute approximate surface area is 171 Å². The van der Waals surface area contributed by atoms with E-state index in [4.69, 9.17) is 0 Å². The van der Waals surface area contributed by atoms with Gasteiger partial charge in [0, 0.05) is 49.0 Å². The Balaban J connectivity index is 1.53. The first-order chi connectivity index (χ1) is 14.1. The van der Waals surface area contributed by atoms with Gasteiger partial charge < -0.3 is 14.4 Å². The molecule has 4 nitrogen and oxygen atoms in total. The van der Waals surface area contributed by atoms with Crippen LogP contribution in [0.1, 0.15) is 15.9 Å². The van der Waals surface area contributed by atoms with Crippen LogP contribution >= 0.6 is 0 Å². The SMILES string of the molecule is Cc1cccc2ccn(-c3ccc4ccc(C(=O)N5CCN(C)CC5)cc4c3)c12. The van der Waals surface area contributed by atoms with Crippen LogP contribution in [0.4, 0.5) is 0 Å². The van der Waals surface area contributed by atoms with Gasteiger partial charge in [0.05, 0.1) is 5.52 Å². The molecule has 146 valence electrons. The van der Waals surface area contributed by atoms with E-state index in [2.05, 4.69) is 78.2 Å². The van der Waals surface area contributed by atoms with Crippen molar-refractivity contribution in [2.75, 3.05) is 33.2 Å². The Bertz CT molecular complexity index is 1220. The van der Waals surface area contributed by atoms with E-state index in [9.17, 15) is 4.79 Å². The molecule has 0 N–H and O–H groups in total. The minimum Gasteiger partial charge on any atom is -0.336 e. The Hall–Kier alpha value is -3.11. The number of fused-ring (bicyclic) bond motifs is 2. The van der Waals surface area contributed by atoms with Crippen LogP contribution in [0.2, 0.25) is 0 Å². The third-order valence-electron chi connectivity index (χ3n) is 6.05. The zero-order valence-electron chi connectivity index (χ0n) is 16.9. The van der Waals surface area contributed by atoms with Crippen molar-refractivity contribution >= 4 is 27.6 Å². The second kappa shape index (κ2) is 7.05. The number of nitrogens with zero attached hydrogens (tertiary/aromatic N) is 3.